The maximum absolute atomic E-state index is 10.9. The first-order valence-corrected chi connectivity index (χ1v) is 5.08. The number of hydrogen-bond acceptors (Lipinski definition) is 6. The molecule has 0 saturated carbocycles. The molecule has 2 N–H and O–H groups in total. The van der Waals surface area contributed by atoms with Gasteiger partial charge in [-0.05, 0) is 0 Å². The van der Waals surface area contributed by atoms with Crippen molar-refractivity contribution in [1.29, 1.82) is 0 Å². The fourth-order valence-electron chi connectivity index (χ4n) is 1.66. The number of carbonyl (C=O) groups is 1. The van der Waals surface area contributed by atoms with Crippen LogP contribution in [0.15, 0.2) is 6.33 Å². The maximum atomic E-state index is 10.9. The lowest BCUT2D eigenvalue weighted by Gasteiger charge is -2.17. The normalized spacial score (nSPS) is 24.8. The van der Waals surface area contributed by atoms with E-state index in [0.29, 0.717) is 12.1 Å². The van der Waals surface area contributed by atoms with Crippen molar-refractivity contribution in [2.45, 2.75) is 12.2 Å². The van der Waals surface area contributed by atoms with Gasteiger partial charge in [-0.15, -0.1) is 0 Å². The van der Waals surface area contributed by atoms with Crippen molar-refractivity contribution < 1.29 is 15.0 Å². The minimum absolute atomic E-state index is 0.0656. The van der Waals surface area contributed by atoms with Gasteiger partial charge in [0.15, 0.2) is 6.29 Å². The van der Waals surface area contributed by atoms with Crippen molar-refractivity contribution in [2.24, 2.45) is 0 Å². The third-order valence-corrected chi connectivity index (χ3v) is 2.79. The van der Waals surface area contributed by atoms with Crippen LogP contribution in [0.3, 0.4) is 0 Å². The van der Waals surface area contributed by atoms with E-state index in [9.17, 15) is 15.0 Å². The van der Waals surface area contributed by atoms with Crippen molar-refractivity contribution in [2.75, 3.05) is 18.0 Å². The van der Waals surface area contributed by atoms with Crippen LogP contribution in [0.4, 0.5) is 5.82 Å². The second-order valence-corrected chi connectivity index (χ2v) is 3.92. The third-order valence-electron chi connectivity index (χ3n) is 2.49. The van der Waals surface area contributed by atoms with E-state index < -0.39 is 12.2 Å². The van der Waals surface area contributed by atoms with E-state index in [0.717, 1.165) is 0 Å². The minimum Gasteiger partial charge on any atom is -0.389 e. The molecule has 0 amide bonds. The highest BCUT2D eigenvalue weighted by Crippen LogP contribution is 2.24. The summed E-state index contributed by atoms with van der Waals surface area (Å²) < 4.78 is 0. The van der Waals surface area contributed by atoms with E-state index in [2.05, 4.69) is 9.97 Å². The standard InChI is InChI=1S/C9H10ClN3O3/c10-8-5(3-14)9(12-4-11-8)13-1-6(15)7(16)2-13/h3-4,6-7,15-16H,1-2H2. The Morgan fingerprint density at radius 3 is 2.56 bits per heavy atom. The lowest BCUT2D eigenvalue weighted by molar-refractivity contribution is 0.0572. The largest absolute Gasteiger partial charge is 0.389 e. The fraction of sp³-hybridized carbons (Fsp3) is 0.444. The number of rotatable bonds is 2. The average molecular weight is 244 g/mol. The van der Waals surface area contributed by atoms with Crippen LogP contribution in [0.1, 0.15) is 10.4 Å². The molecule has 0 radical (unpaired) electrons. The van der Waals surface area contributed by atoms with Crippen LogP contribution in [0.5, 0.6) is 0 Å². The highest BCUT2D eigenvalue weighted by atomic mass is 35.5. The molecule has 1 aliphatic rings. The van der Waals surface area contributed by atoms with E-state index in [1.165, 1.54) is 6.33 Å². The van der Waals surface area contributed by atoms with Gasteiger partial charge < -0.3 is 15.1 Å². The Hall–Kier alpha value is -1.24. The number of β-amino-alcohol motifs (C(OH)–C–C–N with tert-alkyl or cyclic N) is 2. The van der Waals surface area contributed by atoms with Gasteiger partial charge in [0.2, 0.25) is 0 Å². The molecule has 1 saturated heterocycles. The predicted molar refractivity (Wildman–Crippen MR) is 56.7 cm³/mol. The van der Waals surface area contributed by atoms with Crippen molar-refractivity contribution in [3.63, 3.8) is 0 Å². The average Bonchev–Trinajstić information content (AvgIpc) is 2.59. The van der Waals surface area contributed by atoms with Crippen LogP contribution in [0.2, 0.25) is 5.15 Å². The Labute approximate surface area is 96.5 Å². The van der Waals surface area contributed by atoms with E-state index in [-0.39, 0.29) is 23.8 Å². The van der Waals surface area contributed by atoms with Gasteiger partial charge in [0.25, 0.3) is 0 Å². The van der Waals surface area contributed by atoms with Crippen LogP contribution >= 0.6 is 11.6 Å². The zero-order valence-corrected chi connectivity index (χ0v) is 9.00. The molecule has 16 heavy (non-hydrogen) atoms. The lowest BCUT2D eigenvalue weighted by atomic mass is 10.3. The minimum atomic E-state index is -0.840. The number of carbonyl (C=O) groups excluding carboxylic acids is 1. The van der Waals surface area contributed by atoms with Gasteiger partial charge in [-0.1, -0.05) is 11.6 Å². The van der Waals surface area contributed by atoms with Crippen LogP contribution in [-0.4, -0.2) is 51.8 Å². The molecule has 6 nitrogen and oxygen atoms in total. The first-order valence-electron chi connectivity index (χ1n) is 4.70. The van der Waals surface area contributed by atoms with Gasteiger partial charge >= 0.3 is 0 Å². The molecule has 0 aliphatic carbocycles. The molecule has 1 aromatic rings. The van der Waals surface area contributed by atoms with E-state index in [1.807, 2.05) is 0 Å². The summed E-state index contributed by atoms with van der Waals surface area (Å²) in [6.07, 6.45) is 0.123. The van der Waals surface area contributed by atoms with Gasteiger partial charge in [-0.2, -0.15) is 0 Å². The molecule has 0 spiro atoms. The Morgan fingerprint density at radius 1 is 1.38 bits per heavy atom. The predicted octanol–water partition coefficient (Wildman–Crippen LogP) is -0.516. The van der Waals surface area contributed by atoms with Crippen molar-refractivity contribution >= 4 is 23.7 Å². The quantitative estimate of drug-likeness (QED) is 0.537. The molecule has 1 fully saturated rings. The zero-order chi connectivity index (χ0) is 11.7. The van der Waals surface area contributed by atoms with Gasteiger partial charge in [0.1, 0.15) is 17.3 Å². The molecular weight excluding hydrogens is 234 g/mol. The summed E-state index contributed by atoms with van der Waals surface area (Å²) in [5.74, 6) is 0.339. The molecule has 1 aliphatic heterocycles. The third kappa shape index (κ3) is 1.87. The lowest BCUT2D eigenvalue weighted by Crippen LogP contribution is -2.24. The second-order valence-electron chi connectivity index (χ2n) is 3.56. The topological polar surface area (TPSA) is 86.6 Å². The Bertz CT molecular complexity index is 405. The van der Waals surface area contributed by atoms with Crippen LogP contribution in [0.25, 0.3) is 0 Å². The summed E-state index contributed by atoms with van der Waals surface area (Å²) in [4.78, 5) is 20.1. The monoisotopic (exact) mass is 243 g/mol. The number of hydrogen-bond donors (Lipinski definition) is 2. The molecule has 1 aromatic heterocycles. The first kappa shape index (κ1) is 11.3. The van der Waals surface area contributed by atoms with Crippen molar-refractivity contribution in [3.05, 3.63) is 17.0 Å². The van der Waals surface area contributed by atoms with Gasteiger partial charge in [0, 0.05) is 13.1 Å². The summed E-state index contributed by atoms with van der Waals surface area (Å²) >= 11 is 5.75. The first-order chi connectivity index (χ1) is 7.63. The van der Waals surface area contributed by atoms with Crippen molar-refractivity contribution in [3.8, 4) is 0 Å². The van der Waals surface area contributed by atoms with Crippen LogP contribution in [0, 0.1) is 0 Å². The molecule has 86 valence electrons. The van der Waals surface area contributed by atoms with Crippen LogP contribution in [-0.2, 0) is 0 Å². The number of anilines is 1. The SMILES string of the molecule is O=Cc1c(Cl)ncnc1N1CC(O)C(O)C1. The van der Waals surface area contributed by atoms with E-state index in [4.69, 9.17) is 11.6 Å². The van der Waals surface area contributed by atoms with Gasteiger partial charge in [-0.25, -0.2) is 9.97 Å². The number of aliphatic hydroxyl groups excluding tert-OH is 2. The molecule has 2 unspecified atom stereocenters. The summed E-state index contributed by atoms with van der Waals surface area (Å²) in [5, 5.41) is 18.9. The number of aldehydes is 1. The molecule has 0 bridgehead atoms. The number of aliphatic hydroxyl groups is 2. The Kier molecular flexibility index (Phi) is 3.04. The smallest absolute Gasteiger partial charge is 0.156 e. The number of aromatic nitrogens is 2. The summed E-state index contributed by atoms with van der Waals surface area (Å²) in [5.41, 5.74) is 0.172. The van der Waals surface area contributed by atoms with Crippen LogP contribution < -0.4 is 4.90 Å². The molecule has 2 atom stereocenters. The zero-order valence-electron chi connectivity index (χ0n) is 8.25. The summed E-state index contributed by atoms with van der Waals surface area (Å²) in [6.45, 7) is 0.435. The fourth-order valence-corrected chi connectivity index (χ4v) is 1.83. The summed E-state index contributed by atoms with van der Waals surface area (Å²) in [7, 11) is 0. The van der Waals surface area contributed by atoms with Crippen molar-refractivity contribution in [1.82, 2.24) is 9.97 Å². The molecule has 2 heterocycles. The molecular formula is C9H10ClN3O3. The maximum Gasteiger partial charge on any atom is 0.156 e. The summed E-state index contributed by atoms with van der Waals surface area (Å²) in [6, 6.07) is 0. The Morgan fingerprint density at radius 2 is 2.00 bits per heavy atom. The molecule has 7 heteroatoms. The number of halogens is 1. The van der Waals surface area contributed by atoms with Gasteiger partial charge in [0.05, 0.1) is 17.8 Å². The second kappa shape index (κ2) is 4.32. The van der Waals surface area contributed by atoms with E-state index in [1.54, 1.807) is 4.90 Å². The highest BCUT2D eigenvalue weighted by molar-refractivity contribution is 6.32. The highest BCUT2D eigenvalue weighted by Gasteiger charge is 2.31. The molecule has 0 aromatic carbocycles. The molecule has 2 rings (SSSR count). The Balaban J connectivity index is 2.34. The van der Waals surface area contributed by atoms with Gasteiger partial charge in [-0.3, -0.25) is 4.79 Å². The number of nitrogens with zero attached hydrogens (tertiary/aromatic N) is 3. The van der Waals surface area contributed by atoms with E-state index >= 15 is 0 Å².